The van der Waals surface area contributed by atoms with Crippen molar-refractivity contribution in [2.24, 2.45) is 17.3 Å². The van der Waals surface area contributed by atoms with E-state index in [-0.39, 0.29) is 17.5 Å². The van der Waals surface area contributed by atoms with E-state index in [1.165, 1.54) is 7.11 Å². The Bertz CT molecular complexity index is 457. The maximum Gasteiger partial charge on any atom is 0.179 e. The minimum atomic E-state index is -1.16. The van der Waals surface area contributed by atoms with Crippen LogP contribution in [0.4, 0.5) is 0 Å². The minimum Gasteiger partial charge on any atom is -0.500 e. The van der Waals surface area contributed by atoms with Gasteiger partial charge in [0.15, 0.2) is 17.3 Å². The Morgan fingerprint density at radius 1 is 1.37 bits per heavy atom. The number of allylic oxidation sites excluding steroid dienone is 2. The van der Waals surface area contributed by atoms with Gasteiger partial charge in [-0.15, -0.1) is 0 Å². The molecule has 106 valence electrons. The molecule has 0 amide bonds. The highest BCUT2D eigenvalue weighted by molar-refractivity contribution is 6.27. The standard InChI is InChI=1S/C15H22O4/c1-7-8(2)11(16)10-12(17)9(3)14(19-6)15(4,5)13(10)18/h8,10H,7H2,1-6H3/t8?,10-/m0/s1. The van der Waals surface area contributed by atoms with Gasteiger partial charge in [0.1, 0.15) is 11.7 Å². The van der Waals surface area contributed by atoms with Gasteiger partial charge >= 0.3 is 0 Å². The maximum absolute atomic E-state index is 12.5. The molecule has 1 unspecified atom stereocenters. The average molecular weight is 266 g/mol. The van der Waals surface area contributed by atoms with Crippen molar-refractivity contribution in [1.29, 1.82) is 0 Å². The first-order valence-corrected chi connectivity index (χ1v) is 6.57. The van der Waals surface area contributed by atoms with Crippen LogP contribution in [-0.2, 0) is 19.1 Å². The number of ether oxygens (including phenoxy) is 1. The van der Waals surface area contributed by atoms with Gasteiger partial charge in [-0.25, -0.2) is 0 Å². The third-order valence-electron chi connectivity index (χ3n) is 4.00. The molecule has 0 aliphatic heterocycles. The number of rotatable bonds is 4. The van der Waals surface area contributed by atoms with E-state index < -0.39 is 17.1 Å². The van der Waals surface area contributed by atoms with E-state index in [2.05, 4.69) is 0 Å². The molecule has 0 saturated carbocycles. The minimum absolute atomic E-state index is 0.278. The largest absolute Gasteiger partial charge is 0.500 e. The SMILES string of the molecule is CCC(C)C(=O)[C@H]1C(=O)C(C)=C(OC)C(C)(C)C1=O. The van der Waals surface area contributed by atoms with Gasteiger partial charge in [-0.2, -0.15) is 0 Å². The van der Waals surface area contributed by atoms with Crippen LogP contribution in [0.25, 0.3) is 0 Å². The Labute approximate surface area is 114 Å². The number of Topliss-reactive ketones (excluding diaryl/α,β-unsaturated/α-hetero) is 3. The van der Waals surface area contributed by atoms with E-state index in [1.54, 1.807) is 27.7 Å². The van der Waals surface area contributed by atoms with Gasteiger partial charge in [0.05, 0.1) is 12.5 Å². The van der Waals surface area contributed by atoms with Crippen LogP contribution in [0.3, 0.4) is 0 Å². The summed E-state index contributed by atoms with van der Waals surface area (Å²) in [6.45, 7) is 8.63. The summed E-state index contributed by atoms with van der Waals surface area (Å²) >= 11 is 0. The summed E-state index contributed by atoms with van der Waals surface area (Å²) in [4.78, 5) is 37.0. The molecule has 4 heteroatoms. The molecule has 0 aromatic heterocycles. The van der Waals surface area contributed by atoms with Crippen LogP contribution < -0.4 is 0 Å². The zero-order valence-corrected chi connectivity index (χ0v) is 12.5. The number of carbonyl (C=O) groups excluding carboxylic acids is 3. The van der Waals surface area contributed by atoms with Gasteiger partial charge in [0, 0.05) is 11.5 Å². The summed E-state index contributed by atoms with van der Waals surface area (Å²) in [6.07, 6.45) is 0.621. The molecule has 0 bridgehead atoms. The quantitative estimate of drug-likeness (QED) is 0.733. The zero-order chi connectivity index (χ0) is 15.0. The average Bonchev–Trinajstić information content (AvgIpc) is 2.36. The molecule has 0 aromatic rings. The fraction of sp³-hybridized carbons (Fsp3) is 0.667. The molecule has 0 aromatic carbocycles. The van der Waals surface area contributed by atoms with Crippen LogP contribution in [0.1, 0.15) is 41.0 Å². The summed E-state index contributed by atoms with van der Waals surface area (Å²) < 4.78 is 5.20. The third kappa shape index (κ3) is 2.36. The number of hydrogen-bond donors (Lipinski definition) is 0. The maximum atomic E-state index is 12.5. The van der Waals surface area contributed by atoms with Crippen molar-refractivity contribution in [3.63, 3.8) is 0 Å². The topological polar surface area (TPSA) is 60.4 Å². The van der Waals surface area contributed by atoms with Crippen molar-refractivity contribution >= 4 is 17.3 Å². The van der Waals surface area contributed by atoms with E-state index in [1.807, 2.05) is 6.92 Å². The number of ketones is 3. The summed E-state index contributed by atoms with van der Waals surface area (Å²) in [5.74, 6) is -2.12. The van der Waals surface area contributed by atoms with Crippen LogP contribution in [0.2, 0.25) is 0 Å². The molecule has 0 radical (unpaired) electrons. The molecule has 19 heavy (non-hydrogen) atoms. The van der Waals surface area contributed by atoms with E-state index in [4.69, 9.17) is 4.74 Å². The Balaban J connectivity index is 3.33. The lowest BCUT2D eigenvalue weighted by Crippen LogP contribution is -2.47. The second kappa shape index (κ2) is 5.27. The van der Waals surface area contributed by atoms with E-state index >= 15 is 0 Å². The van der Waals surface area contributed by atoms with Gasteiger partial charge in [0.25, 0.3) is 0 Å². The predicted molar refractivity (Wildman–Crippen MR) is 71.5 cm³/mol. The zero-order valence-electron chi connectivity index (χ0n) is 12.5. The van der Waals surface area contributed by atoms with E-state index in [0.29, 0.717) is 17.8 Å². The Kier molecular flexibility index (Phi) is 4.33. The van der Waals surface area contributed by atoms with Crippen LogP contribution in [-0.4, -0.2) is 24.5 Å². The molecule has 0 N–H and O–H groups in total. The molecule has 2 atom stereocenters. The first-order chi connectivity index (χ1) is 8.69. The first-order valence-electron chi connectivity index (χ1n) is 6.57. The van der Waals surface area contributed by atoms with Crippen molar-refractivity contribution in [2.45, 2.75) is 41.0 Å². The van der Waals surface area contributed by atoms with Crippen LogP contribution in [0, 0.1) is 17.3 Å². The number of carbonyl (C=O) groups is 3. The highest BCUT2D eigenvalue weighted by Crippen LogP contribution is 2.39. The summed E-state index contributed by atoms with van der Waals surface area (Å²) in [5.41, 5.74) is -0.547. The van der Waals surface area contributed by atoms with E-state index in [9.17, 15) is 14.4 Å². The summed E-state index contributed by atoms with van der Waals surface area (Å²) in [7, 11) is 1.44. The third-order valence-corrected chi connectivity index (χ3v) is 4.00. The highest BCUT2D eigenvalue weighted by atomic mass is 16.5. The fourth-order valence-corrected chi connectivity index (χ4v) is 2.54. The lowest BCUT2D eigenvalue weighted by molar-refractivity contribution is -0.146. The normalized spacial score (nSPS) is 24.4. The molecule has 1 rings (SSSR count). The van der Waals surface area contributed by atoms with Crippen molar-refractivity contribution in [2.75, 3.05) is 7.11 Å². The molecule has 1 aliphatic rings. The van der Waals surface area contributed by atoms with Crippen LogP contribution in [0.15, 0.2) is 11.3 Å². The summed E-state index contributed by atoms with van der Waals surface area (Å²) in [5, 5.41) is 0. The van der Waals surface area contributed by atoms with Crippen molar-refractivity contribution in [3.8, 4) is 0 Å². The lowest BCUT2D eigenvalue weighted by atomic mass is 9.68. The van der Waals surface area contributed by atoms with Crippen molar-refractivity contribution in [1.82, 2.24) is 0 Å². The molecule has 1 aliphatic carbocycles. The van der Waals surface area contributed by atoms with Gasteiger partial charge in [-0.3, -0.25) is 14.4 Å². The molecular weight excluding hydrogens is 244 g/mol. The van der Waals surface area contributed by atoms with E-state index in [0.717, 1.165) is 0 Å². The van der Waals surface area contributed by atoms with Crippen molar-refractivity contribution in [3.05, 3.63) is 11.3 Å². The summed E-state index contributed by atoms with van der Waals surface area (Å²) in [6, 6.07) is 0. The Hall–Kier alpha value is -1.45. The van der Waals surface area contributed by atoms with Crippen molar-refractivity contribution < 1.29 is 19.1 Å². The second-order valence-electron chi connectivity index (χ2n) is 5.66. The van der Waals surface area contributed by atoms with Gasteiger partial charge in [-0.1, -0.05) is 13.8 Å². The van der Waals surface area contributed by atoms with Gasteiger partial charge in [0.2, 0.25) is 0 Å². The molecule has 0 spiro atoms. The molecule has 0 saturated heterocycles. The smallest absolute Gasteiger partial charge is 0.179 e. The first kappa shape index (κ1) is 15.6. The molecular formula is C15H22O4. The second-order valence-corrected chi connectivity index (χ2v) is 5.66. The molecule has 0 heterocycles. The Morgan fingerprint density at radius 3 is 2.32 bits per heavy atom. The monoisotopic (exact) mass is 266 g/mol. The highest BCUT2D eigenvalue weighted by Gasteiger charge is 2.50. The van der Waals surface area contributed by atoms with Gasteiger partial charge in [-0.05, 0) is 27.2 Å². The van der Waals surface area contributed by atoms with Crippen LogP contribution >= 0.6 is 0 Å². The molecule has 0 fully saturated rings. The van der Waals surface area contributed by atoms with Crippen LogP contribution in [0.5, 0.6) is 0 Å². The van der Waals surface area contributed by atoms with Gasteiger partial charge < -0.3 is 4.74 Å². The Morgan fingerprint density at radius 2 is 1.89 bits per heavy atom. The number of hydrogen-bond acceptors (Lipinski definition) is 4. The lowest BCUT2D eigenvalue weighted by Gasteiger charge is -2.35. The predicted octanol–water partition coefficient (Wildman–Crippen LogP) is 2.32. The molecule has 4 nitrogen and oxygen atoms in total. The fourth-order valence-electron chi connectivity index (χ4n) is 2.54. The number of methoxy groups -OCH3 is 1.